The number of hydrogen-bond acceptors (Lipinski definition) is 3. The molecular weight excluding hydrogens is 290 g/mol. The summed E-state index contributed by atoms with van der Waals surface area (Å²) in [6.07, 6.45) is 5.53. The van der Waals surface area contributed by atoms with Gasteiger partial charge in [0.15, 0.2) is 0 Å². The first kappa shape index (κ1) is 15.8. The fraction of sp³-hybridized carbons (Fsp3) is 0.556. The fourth-order valence-electron chi connectivity index (χ4n) is 3.26. The van der Waals surface area contributed by atoms with Gasteiger partial charge in [-0.3, -0.25) is 4.98 Å². The quantitative estimate of drug-likeness (QED) is 0.865. The van der Waals surface area contributed by atoms with Crippen molar-refractivity contribution in [1.82, 2.24) is 14.9 Å². The maximum absolute atomic E-state index is 12.1. The fourth-order valence-corrected chi connectivity index (χ4v) is 3.26. The molecule has 124 valence electrons. The van der Waals surface area contributed by atoms with Crippen LogP contribution >= 0.6 is 0 Å². The highest BCUT2D eigenvalue weighted by atomic mass is 16.6. The molecule has 1 amide bonds. The van der Waals surface area contributed by atoms with E-state index in [9.17, 15) is 4.79 Å². The molecule has 1 fully saturated rings. The van der Waals surface area contributed by atoms with Crippen LogP contribution in [0, 0.1) is 6.92 Å². The molecule has 0 bridgehead atoms. The number of piperidine rings is 1. The maximum atomic E-state index is 12.1. The maximum Gasteiger partial charge on any atom is 0.410 e. The Kier molecular flexibility index (Phi) is 4.04. The standard InChI is InChI=1S/C18H25N3O2/c1-12-14-5-8-19-15(14)11-20-16(12)13-6-9-21(10-7-13)17(22)23-18(2,3)4/h5,8,11,13,19H,6-7,9-10H2,1-4H3. The summed E-state index contributed by atoms with van der Waals surface area (Å²) in [5.41, 5.74) is 3.06. The van der Waals surface area contributed by atoms with E-state index in [1.807, 2.05) is 38.1 Å². The lowest BCUT2D eigenvalue weighted by molar-refractivity contribution is 0.0204. The number of carbonyl (C=O) groups excluding carboxylic acids is 1. The average molecular weight is 315 g/mol. The molecular formula is C18H25N3O2. The van der Waals surface area contributed by atoms with Gasteiger partial charge in [-0.1, -0.05) is 0 Å². The predicted octanol–water partition coefficient (Wildman–Crippen LogP) is 3.99. The first-order valence-electron chi connectivity index (χ1n) is 8.25. The van der Waals surface area contributed by atoms with Gasteiger partial charge in [0.1, 0.15) is 5.60 Å². The molecule has 0 saturated carbocycles. The van der Waals surface area contributed by atoms with Gasteiger partial charge in [0, 0.05) is 36.3 Å². The minimum absolute atomic E-state index is 0.207. The first-order valence-corrected chi connectivity index (χ1v) is 8.25. The Hall–Kier alpha value is -2.04. The van der Waals surface area contributed by atoms with Gasteiger partial charge in [-0.2, -0.15) is 0 Å². The molecule has 0 spiro atoms. The molecule has 23 heavy (non-hydrogen) atoms. The van der Waals surface area contributed by atoms with Crippen LogP contribution in [-0.2, 0) is 4.74 Å². The second kappa shape index (κ2) is 5.87. The van der Waals surface area contributed by atoms with E-state index in [0.29, 0.717) is 5.92 Å². The van der Waals surface area contributed by atoms with E-state index >= 15 is 0 Å². The van der Waals surface area contributed by atoms with Crippen LogP contribution < -0.4 is 0 Å². The van der Waals surface area contributed by atoms with Gasteiger partial charge in [-0.15, -0.1) is 0 Å². The summed E-state index contributed by atoms with van der Waals surface area (Å²) in [6.45, 7) is 9.29. The zero-order chi connectivity index (χ0) is 16.6. The van der Waals surface area contributed by atoms with Crippen LogP contribution in [0.3, 0.4) is 0 Å². The number of pyridine rings is 1. The third kappa shape index (κ3) is 3.33. The topological polar surface area (TPSA) is 58.2 Å². The second-order valence-corrected chi connectivity index (χ2v) is 7.32. The number of nitrogens with zero attached hydrogens (tertiary/aromatic N) is 2. The molecule has 3 heterocycles. The number of amides is 1. The monoisotopic (exact) mass is 315 g/mol. The van der Waals surface area contributed by atoms with Crippen molar-refractivity contribution in [1.29, 1.82) is 0 Å². The van der Waals surface area contributed by atoms with Crippen molar-refractivity contribution in [2.45, 2.75) is 52.1 Å². The normalized spacial score (nSPS) is 16.8. The highest BCUT2D eigenvalue weighted by molar-refractivity contribution is 5.82. The number of H-pyrrole nitrogens is 1. The summed E-state index contributed by atoms with van der Waals surface area (Å²) in [7, 11) is 0. The van der Waals surface area contributed by atoms with Crippen molar-refractivity contribution < 1.29 is 9.53 Å². The zero-order valence-corrected chi connectivity index (χ0v) is 14.3. The van der Waals surface area contributed by atoms with Crippen molar-refractivity contribution in [2.75, 3.05) is 13.1 Å². The Bertz CT molecular complexity index is 707. The Morgan fingerprint density at radius 2 is 2.04 bits per heavy atom. The number of fused-ring (bicyclic) bond motifs is 1. The molecule has 0 aromatic carbocycles. The minimum atomic E-state index is -0.439. The molecule has 3 rings (SSSR count). The Morgan fingerprint density at radius 1 is 1.35 bits per heavy atom. The van der Waals surface area contributed by atoms with Crippen LogP contribution in [0.15, 0.2) is 18.5 Å². The van der Waals surface area contributed by atoms with Gasteiger partial charge in [-0.25, -0.2) is 4.79 Å². The van der Waals surface area contributed by atoms with Crippen LogP contribution in [0.2, 0.25) is 0 Å². The first-order chi connectivity index (χ1) is 10.8. The summed E-state index contributed by atoms with van der Waals surface area (Å²) in [5, 5.41) is 1.24. The summed E-state index contributed by atoms with van der Waals surface area (Å²) in [5.74, 6) is 0.410. The van der Waals surface area contributed by atoms with E-state index in [1.165, 1.54) is 16.6 Å². The predicted molar refractivity (Wildman–Crippen MR) is 90.6 cm³/mol. The van der Waals surface area contributed by atoms with E-state index < -0.39 is 5.60 Å². The molecule has 0 atom stereocenters. The molecule has 5 nitrogen and oxygen atoms in total. The Balaban J connectivity index is 1.68. The summed E-state index contributed by atoms with van der Waals surface area (Å²) >= 11 is 0. The van der Waals surface area contributed by atoms with E-state index in [2.05, 4.69) is 23.0 Å². The molecule has 0 aliphatic carbocycles. The van der Waals surface area contributed by atoms with Gasteiger partial charge in [0.2, 0.25) is 0 Å². The lowest BCUT2D eigenvalue weighted by Crippen LogP contribution is -2.41. The molecule has 1 aliphatic rings. The second-order valence-electron chi connectivity index (χ2n) is 7.32. The highest BCUT2D eigenvalue weighted by Gasteiger charge is 2.28. The molecule has 2 aromatic rings. The molecule has 0 radical (unpaired) electrons. The molecule has 1 saturated heterocycles. The van der Waals surface area contributed by atoms with Crippen molar-refractivity contribution >= 4 is 17.0 Å². The lowest BCUT2D eigenvalue weighted by Gasteiger charge is -2.33. The zero-order valence-electron chi connectivity index (χ0n) is 14.3. The third-order valence-electron chi connectivity index (χ3n) is 4.43. The molecule has 2 aromatic heterocycles. The minimum Gasteiger partial charge on any atom is -0.444 e. The number of rotatable bonds is 1. The number of ether oxygens (including phenoxy) is 1. The largest absolute Gasteiger partial charge is 0.444 e. The Morgan fingerprint density at radius 3 is 2.70 bits per heavy atom. The number of hydrogen-bond donors (Lipinski definition) is 1. The molecule has 5 heteroatoms. The van der Waals surface area contributed by atoms with E-state index in [-0.39, 0.29) is 6.09 Å². The number of likely N-dealkylation sites (tertiary alicyclic amines) is 1. The molecule has 0 unspecified atom stereocenters. The van der Waals surface area contributed by atoms with Crippen molar-refractivity contribution in [3.05, 3.63) is 29.7 Å². The summed E-state index contributed by atoms with van der Waals surface area (Å²) in [4.78, 5) is 21.8. The third-order valence-corrected chi connectivity index (χ3v) is 4.43. The number of carbonyl (C=O) groups is 1. The van der Waals surface area contributed by atoms with Gasteiger partial charge in [0.25, 0.3) is 0 Å². The van der Waals surface area contributed by atoms with Gasteiger partial charge < -0.3 is 14.6 Å². The van der Waals surface area contributed by atoms with Crippen LogP contribution in [0.5, 0.6) is 0 Å². The van der Waals surface area contributed by atoms with Crippen molar-refractivity contribution in [3.8, 4) is 0 Å². The lowest BCUT2D eigenvalue weighted by atomic mass is 9.90. The number of nitrogens with one attached hydrogen (secondary N) is 1. The van der Waals surface area contributed by atoms with E-state index in [0.717, 1.165) is 31.4 Å². The van der Waals surface area contributed by atoms with Crippen LogP contribution in [-0.4, -0.2) is 39.7 Å². The van der Waals surface area contributed by atoms with Crippen molar-refractivity contribution in [3.63, 3.8) is 0 Å². The van der Waals surface area contributed by atoms with Crippen molar-refractivity contribution in [2.24, 2.45) is 0 Å². The average Bonchev–Trinajstić information content (AvgIpc) is 2.95. The highest BCUT2D eigenvalue weighted by Crippen LogP contribution is 2.32. The van der Waals surface area contributed by atoms with Crippen LogP contribution in [0.25, 0.3) is 10.9 Å². The number of aromatic nitrogens is 2. The SMILES string of the molecule is Cc1c(C2CCN(C(=O)OC(C)(C)C)CC2)ncc2[nH]ccc12. The van der Waals surface area contributed by atoms with Gasteiger partial charge in [-0.05, 0) is 52.2 Å². The molecule has 1 N–H and O–H groups in total. The summed E-state index contributed by atoms with van der Waals surface area (Å²) in [6, 6.07) is 2.10. The van der Waals surface area contributed by atoms with E-state index in [1.54, 1.807) is 0 Å². The smallest absolute Gasteiger partial charge is 0.410 e. The van der Waals surface area contributed by atoms with Crippen LogP contribution in [0.4, 0.5) is 4.79 Å². The number of aromatic amines is 1. The number of aryl methyl sites for hydroxylation is 1. The van der Waals surface area contributed by atoms with Gasteiger partial charge >= 0.3 is 6.09 Å². The van der Waals surface area contributed by atoms with E-state index in [4.69, 9.17) is 4.74 Å². The Labute approximate surface area is 137 Å². The van der Waals surface area contributed by atoms with Crippen LogP contribution in [0.1, 0.15) is 50.8 Å². The van der Waals surface area contributed by atoms with Gasteiger partial charge in [0.05, 0.1) is 11.7 Å². The summed E-state index contributed by atoms with van der Waals surface area (Å²) < 4.78 is 5.46. The molecule has 1 aliphatic heterocycles.